The maximum absolute atomic E-state index is 16.3. The second kappa shape index (κ2) is 12.8. The van der Waals surface area contributed by atoms with Crippen LogP contribution in [0.25, 0.3) is 28.0 Å². The number of benzene rings is 1. The van der Waals surface area contributed by atoms with Crippen molar-refractivity contribution >= 4 is 22.9 Å². The summed E-state index contributed by atoms with van der Waals surface area (Å²) in [4.78, 5) is 45.0. The molecule has 2 atom stereocenters. The van der Waals surface area contributed by atoms with Crippen molar-refractivity contribution in [3.8, 4) is 22.7 Å². The fraction of sp³-hybridized carbons (Fsp3) is 0.472. The summed E-state index contributed by atoms with van der Waals surface area (Å²) >= 11 is 0. The van der Waals surface area contributed by atoms with Crippen molar-refractivity contribution in [1.82, 2.24) is 24.4 Å². The normalized spacial score (nSPS) is 18.5. The largest absolute Gasteiger partial charge is 0.493 e. The lowest BCUT2D eigenvalue weighted by molar-refractivity contribution is 0.00561. The lowest BCUT2D eigenvalue weighted by Gasteiger charge is -2.45. The minimum atomic E-state index is -0.787. The van der Waals surface area contributed by atoms with E-state index in [0.29, 0.717) is 43.9 Å². The van der Waals surface area contributed by atoms with E-state index in [4.69, 9.17) is 14.5 Å². The zero-order valence-corrected chi connectivity index (χ0v) is 28.5. The van der Waals surface area contributed by atoms with Gasteiger partial charge in [0.25, 0.3) is 0 Å². The number of carbonyl (C=O) groups is 1. The third-order valence-electron chi connectivity index (χ3n) is 8.74. The fourth-order valence-electron chi connectivity index (χ4n) is 6.74. The quantitative estimate of drug-likeness (QED) is 0.232. The molecule has 1 saturated heterocycles. The van der Waals surface area contributed by atoms with Crippen LogP contribution in [0.5, 0.6) is 5.75 Å². The van der Waals surface area contributed by atoms with Crippen molar-refractivity contribution in [2.24, 2.45) is 0 Å². The van der Waals surface area contributed by atoms with Crippen molar-refractivity contribution in [3.05, 3.63) is 69.9 Å². The first-order chi connectivity index (χ1) is 22.7. The summed E-state index contributed by atoms with van der Waals surface area (Å²) < 4.78 is 45.0. The molecule has 0 saturated carbocycles. The molecule has 1 fully saturated rings. The van der Waals surface area contributed by atoms with E-state index >= 15 is 8.78 Å². The van der Waals surface area contributed by atoms with Gasteiger partial charge in [0.05, 0.1) is 41.0 Å². The van der Waals surface area contributed by atoms with Crippen LogP contribution in [0, 0.1) is 11.6 Å². The van der Waals surface area contributed by atoms with Gasteiger partial charge in [-0.25, -0.2) is 27.9 Å². The number of hydrogen-bond donors (Lipinski definition) is 0. The molecule has 2 aliphatic rings. The second-order valence-corrected chi connectivity index (χ2v) is 14.0. The van der Waals surface area contributed by atoms with Gasteiger partial charge in [0, 0.05) is 19.3 Å². The molecule has 4 aromatic rings. The van der Waals surface area contributed by atoms with Gasteiger partial charge in [-0.1, -0.05) is 19.9 Å². The molecule has 0 unspecified atom stereocenters. The van der Waals surface area contributed by atoms with Crippen LogP contribution in [-0.2, 0) is 11.2 Å². The highest BCUT2D eigenvalue weighted by atomic mass is 19.1. The Morgan fingerprint density at radius 3 is 2.46 bits per heavy atom. The van der Waals surface area contributed by atoms with Crippen molar-refractivity contribution < 1.29 is 23.0 Å². The van der Waals surface area contributed by atoms with Gasteiger partial charge in [-0.05, 0) is 89.6 Å². The molecule has 0 N–H and O–H groups in total. The number of halogens is 2. The number of amides is 1. The molecule has 6 rings (SSSR count). The van der Waals surface area contributed by atoms with Gasteiger partial charge in [-0.2, -0.15) is 4.98 Å². The average Bonchev–Trinajstić information content (AvgIpc) is 3.00. The highest BCUT2D eigenvalue weighted by molar-refractivity contribution is 5.91. The number of hydrogen-bond acceptors (Lipinski definition) is 8. The first-order valence-corrected chi connectivity index (χ1v) is 16.5. The minimum absolute atomic E-state index is 0.0682. The third-order valence-corrected chi connectivity index (χ3v) is 8.74. The lowest BCUT2D eigenvalue weighted by atomic mass is 10.00. The van der Waals surface area contributed by atoms with Gasteiger partial charge in [0.1, 0.15) is 28.7 Å². The van der Waals surface area contributed by atoms with Crippen molar-refractivity contribution in [3.63, 3.8) is 0 Å². The molecule has 5 heterocycles. The number of aryl methyl sites for hydroxylation is 1. The standard InChI is InChI=1S/C36H42F2N6O4/c1-20(2)29-31-23(14-15-39-29)11-8-9-16-47-27-13-10-12-25(37)28(27)30-26(38)17-24-32(41-34(45)44(31)33(24)40-30)42-18-21(3)43(22(4)19-42)35(46)48-36(5,6)7/h10,12-15,17,20-22H,8-9,11,16,18-19H2,1-7H3/t21-,22+. The number of carbonyl (C=O) groups excluding carboxylic acids is 1. The molecular weight excluding hydrogens is 618 g/mol. The molecule has 1 aromatic carbocycles. The Kier molecular flexibility index (Phi) is 8.86. The van der Waals surface area contributed by atoms with Crippen LogP contribution in [0.15, 0.2) is 41.3 Å². The second-order valence-electron chi connectivity index (χ2n) is 14.0. The first-order valence-electron chi connectivity index (χ1n) is 16.5. The van der Waals surface area contributed by atoms with Crippen molar-refractivity contribution in [2.75, 3.05) is 24.6 Å². The highest BCUT2D eigenvalue weighted by Gasteiger charge is 2.37. The van der Waals surface area contributed by atoms with Gasteiger partial charge >= 0.3 is 11.8 Å². The number of nitrogens with zero attached hydrogens (tertiary/aromatic N) is 6. The summed E-state index contributed by atoms with van der Waals surface area (Å²) in [6.45, 7) is 14.1. The van der Waals surface area contributed by atoms with Gasteiger partial charge in [-0.3, -0.25) is 9.88 Å². The molecule has 3 aromatic heterocycles. The summed E-state index contributed by atoms with van der Waals surface area (Å²) in [7, 11) is 0. The topological polar surface area (TPSA) is 103 Å². The highest BCUT2D eigenvalue weighted by Crippen LogP contribution is 2.38. The fourth-order valence-corrected chi connectivity index (χ4v) is 6.74. The monoisotopic (exact) mass is 660 g/mol. The van der Waals surface area contributed by atoms with E-state index in [2.05, 4.69) is 9.97 Å². The van der Waals surface area contributed by atoms with E-state index in [-0.39, 0.29) is 51.9 Å². The van der Waals surface area contributed by atoms with Crippen molar-refractivity contribution in [1.29, 1.82) is 0 Å². The molecule has 1 amide bonds. The molecule has 2 bridgehead atoms. The molecule has 48 heavy (non-hydrogen) atoms. The summed E-state index contributed by atoms with van der Waals surface area (Å²) in [5.74, 6) is -1.14. The Bertz CT molecular complexity index is 1930. The number of pyridine rings is 2. The number of piperazine rings is 1. The first kappa shape index (κ1) is 33.3. The number of ether oxygens (including phenoxy) is 2. The van der Waals surface area contributed by atoms with E-state index in [0.717, 1.165) is 12.0 Å². The number of fused-ring (bicyclic) bond motifs is 5. The van der Waals surface area contributed by atoms with Gasteiger partial charge in [0.15, 0.2) is 11.5 Å². The predicted molar refractivity (Wildman–Crippen MR) is 180 cm³/mol. The maximum atomic E-state index is 16.3. The summed E-state index contributed by atoms with van der Waals surface area (Å²) in [5, 5.41) is 0.277. The van der Waals surface area contributed by atoms with Crippen molar-refractivity contribution in [2.45, 2.75) is 91.3 Å². The Balaban J connectivity index is 1.61. The van der Waals surface area contributed by atoms with Gasteiger partial charge in [-0.15, -0.1) is 0 Å². The lowest BCUT2D eigenvalue weighted by Crippen LogP contribution is -2.59. The smallest absolute Gasteiger partial charge is 0.410 e. The zero-order valence-electron chi connectivity index (χ0n) is 28.5. The van der Waals surface area contributed by atoms with E-state index < -0.39 is 29.0 Å². The van der Waals surface area contributed by atoms with Crippen LogP contribution in [-0.4, -0.2) is 67.9 Å². The molecule has 2 aliphatic heterocycles. The molecule has 0 radical (unpaired) electrons. The minimum Gasteiger partial charge on any atom is -0.493 e. The van der Waals surface area contributed by atoms with E-state index in [9.17, 15) is 9.59 Å². The van der Waals surface area contributed by atoms with Gasteiger partial charge < -0.3 is 14.4 Å². The van der Waals surface area contributed by atoms with Gasteiger partial charge in [0.2, 0.25) is 0 Å². The average molecular weight is 661 g/mol. The molecule has 12 heteroatoms. The Labute approximate surface area is 278 Å². The zero-order chi connectivity index (χ0) is 34.5. The van der Waals surface area contributed by atoms with E-state index in [1.165, 1.54) is 22.8 Å². The van der Waals surface area contributed by atoms with Crippen LogP contribution >= 0.6 is 0 Å². The summed E-state index contributed by atoms with van der Waals surface area (Å²) in [6.07, 6.45) is 3.28. The third kappa shape index (κ3) is 6.20. The number of rotatable bonds is 2. The summed E-state index contributed by atoms with van der Waals surface area (Å²) in [5.41, 5.74) is 0.552. The summed E-state index contributed by atoms with van der Waals surface area (Å²) in [6, 6.07) is 6.85. The Hall–Kier alpha value is -4.61. The SMILES string of the molecule is CC(C)c1nccc2c1-n1c(=O)nc(N3C[C@@H](C)N(C(=O)OC(C)(C)C)[C@@H](C)C3)c3cc(F)c(nc31)-c1c(F)cccc1OCCCC2. The Morgan fingerprint density at radius 2 is 1.77 bits per heavy atom. The molecule has 10 nitrogen and oxygen atoms in total. The number of aromatic nitrogens is 4. The number of anilines is 1. The molecule has 0 spiro atoms. The Morgan fingerprint density at radius 1 is 1.04 bits per heavy atom. The predicted octanol–water partition coefficient (Wildman–Crippen LogP) is 6.79. The molecule has 0 aliphatic carbocycles. The molecule has 254 valence electrons. The van der Waals surface area contributed by atoms with Crippen LogP contribution < -0.4 is 15.3 Å². The van der Waals surface area contributed by atoms with Crippen LogP contribution in [0.4, 0.5) is 19.4 Å². The van der Waals surface area contributed by atoms with E-state index in [1.54, 1.807) is 17.2 Å². The van der Waals surface area contributed by atoms with Crippen LogP contribution in [0.3, 0.4) is 0 Å². The maximum Gasteiger partial charge on any atom is 0.410 e. The molecular formula is C36H42F2N6O4. The van der Waals surface area contributed by atoms with Crippen LogP contribution in [0.1, 0.15) is 78.5 Å². The van der Waals surface area contributed by atoms with Crippen LogP contribution in [0.2, 0.25) is 0 Å². The van der Waals surface area contributed by atoms with E-state index in [1.807, 2.05) is 59.4 Å².